The molecule has 1 N–H and O–H groups in total. The van der Waals surface area contributed by atoms with Crippen LogP contribution in [0.1, 0.15) is 21.5 Å². The van der Waals surface area contributed by atoms with Crippen LogP contribution in [0.4, 0.5) is 11.4 Å². The minimum atomic E-state index is -3.70. The first-order valence-corrected chi connectivity index (χ1v) is 10.1. The summed E-state index contributed by atoms with van der Waals surface area (Å²) in [5, 5.41) is 13.4. The van der Waals surface area contributed by atoms with Crippen molar-refractivity contribution in [3.8, 4) is 0 Å². The van der Waals surface area contributed by atoms with E-state index in [0.717, 1.165) is 4.31 Å². The number of sulfonamides is 1. The predicted octanol–water partition coefficient (Wildman–Crippen LogP) is 2.26. The second-order valence-electron chi connectivity index (χ2n) is 6.60. The third kappa shape index (κ3) is 4.99. The number of anilines is 1. The number of nitrogens with zero attached hydrogens (tertiary/aromatic N) is 2. The van der Waals surface area contributed by atoms with E-state index in [1.807, 2.05) is 0 Å². The van der Waals surface area contributed by atoms with Gasteiger partial charge in [-0.2, -0.15) is 0 Å². The van der Waals surface area contributed by atoms with Crippen LogP contribution in [0, 0.1) is 24.0 Å². The van der Waals surface area contributed by atoms with Crippen molar-refractivity contribution >= 4 is 33.3 Å². The first-order valence-electron chi connectivity index (χ1n) is 8.69. The molecule has 0 saturated carbocycles. The normalized spacial score (nSPS) is 11.2. The van der Waals surface area contributed by atoms with Crippen molar-refractivity contribution in [1.29, 1.82) is 0 Å². The fraction of sp³-hybridized carbons (Fsp3) is 0.263. The number of esters is 1. The lowest BCUT2D eigenvalue weighted by atomic mass is 10.1. The fourth-order valence-electron chi connectivity index (χ4n) is 2.60. The summed E-state index contributed by atoms with van der Waals surface area (Å²) in [7, 11) is -0.905. The van der Waals surface area contributed by atoms with Gasteiger partial charge in [-0.05, 0) is 37.6 Å². The van der Waals surface area contributed by atoms with E-state index in [1.54, 1.807) is 13.0 Å². The molecule has 0 saturated heterocycles. The smallest absolute Gasteiger partial charge is 0.339 e. The van der Waals surface area contributed by atoms with Crippen LogP contribution < -0.4 is 5.32 Å². The number of carbonyl (C=O) groups excluding carboxylic acids is 2. The van der Waals surface area contributed by atoms with Crippen molar-refractivity contribution in [1.82, 2.24) is 4.31 Å². The number of rotatable bonds is 7. The summed E-state index contributed by atoms with van der Waals surface area (Å²) in [5.41, 5.74) is 0.600. The van der Waals surface area contributed by atoms with Crippen LogP contribution in [-0.4, -0.2) is 50.2 Å². The quantitative estimate of drug-likeness (QED) is 0.400. The summed E-state index contributed by atoms with van der Waals surface area (Å²) in [6.07, 6.45) is 0. The van der Waals surface area contributed by atoms with E-state index >= 15 is 0 Å². The number of ether oxygens (including phenoxy) is 1. The minimum absolute atomic E-state index is 0.0216. The van der Waals surface area contributed by atoms with Gasteiger partial charge in [-0.25, -0.2) is 17.5 Å². The number of aryl methyl sites for hydroxylation is 1. The highest BCUT2D eigenvalue weighted by molar-refractivity contribution is 7.89. The zero-order chi connectivity index (χ0) is 22.6. The molecule has 11 heteroatoms. The average Bonchev–Trinajstić information content (AvgIpc) is 2.67. The summed E-state index contributed by atoms with van der Waals surface area (Å²) in [6.45, 7) is 2.39. The van der Waals surface area contributed by atoms with Crippen molar-refractivity contribution in [2.24, 2.45) is 0 Å². The zero-order valence-electron chi connectivity index (χ0n) is 16.8. The standard InChI is InChI=1S/C19H21N3O7S/c1-12-8-9-14(10-17(12)30(27,28)21(3)4)20-18(23)11-29-19(24)15-6-5-7-16(13(15)2)22(25)26/h5-10H,11H2,1-4H3,(H,20,23). The van der Waals surface area contributed by atoms with Gasteiger partial charge in [0.25, 0.3) is 11.6 Å². The Kier molecular flexibility index (Phi) is 6.90. The van der Waals surface area contributed by atoms with Crippen LogP contribution in [0.2, 0.25) is 0 Å². The number of hydrogen-bond donors (Lipinski definition) is 1. The highest BCUT2D eigenvalue weighted by Crippen LogP contribution is 2.23. The molecule has 0 spiro atoms. The lowest BCUT2D eigenvalue weighted by molar-refractivity contribution is -0.385. The molecule has 0 aliphatic heterocycles. The van der Waals surface area contributed by atoms with Crippen LogP contribution >= 0.6 is 0 Å². The van der Waals surface area contributed by atoms with E-state index in [4.69, 9.17) is 4.74 Å². The van der Waals surface area contributed by atoms with E-state index in [9.17, 15) is 28.1 Å². The van der Waals surface area contributed by atoms with Gasteiger partial charge in [0.1, 0.15) is 0 Å². The van der Waals surface area contributed by atoms with Gasteiger partial charge >= 0.3 is 5.97 Å². The van der Waals surface area contributed by atoms with E-state index in [2.05, 4.69) is 5.32 Å². The van der Waals surface area contributed by atoms with E-state index in [0.29, 0.717) is 5.56 Å². The van der Waals surface area contributed by atoms with Crippen LogP contribution in [0.25, 0.3) is 0 Å². The Bertz CT molecular complexity index is 1110. The Morgan fingerprint density at radius 2 is 1.83 bits per heavy atom. The van der Waals surface area contributed by atoms with Crippen molar-refractivity contribution in [2.45, 2.75) is 18.7 Å². The number of hydrogen-bond acceptors (Lipinski definition) is 7. The number of nitro benzene ring substituents is 1. The number of amides is 1. The lowest BCUT2D eigenvalue weighted by Gasteiger charge is -2.15. The molecule has 160 valence electrons. The molecular weight excluding hydrogens is 414 g/mol. The zero-order valence-corrected chi connectivity index (χ0v) is 17.6. The van der Waals surface area contributed by atoms with Gasteiger partial charge in [-0.15, -0.1) is 0 Å². The fourth-order valence-corrected chi connectivity index (χ4v) is 3.74. The highest BCUT2D eigenvalue weighted by atomic mass is 32.2. The van der Waals surface area contributed by atoms with Gasteiger partial charge in [0.15, 0.2) is 6.61 Å². The van der Waals surface area contributed by atoms with Crippen LogP contribution in [0.3, 0.4) is 0 Å². The largest absolute Gasteiger partial charge is 0.452 e. The van der Waals surface area contributed by atoms with E-state index in [-0.39, 0.29) is 27.4 Å². The molecule has 0 atom stereocenters. The Labute approximate surface area is 173 Å². The second-order valence-corrected chi connectivity index (χ2v) is 8.72. The van der Waals surface area contributed by atoms with E-state index < -0.39 is 33.4 Å². The van der Waals surface area contributed by atoms with Crippen molar-refractivity contribution < 1.29 is 27.7 Å². The maximum absolute atomic E-state index is 12.4. The molecule has 2 aromatic rings. The van der Waals surface area contributed by atoms with Gasteiger partial charge < -0.3 is 10.1 Å². The summed E-state index contributed by atoms with van der Waals surface area (Å²) in [5.74, 6) is -1.57. The third-order valence-corrected chi connectivity index (χ3v) is 6.24. The topological polar surface area (TPSA) is 136 Å². The molecule has 0 fully saturated rings. The van der Waals surface area contributed by atoms with Gasteiger partial charge in [0, 0.05) is 31.4 Å². The van der Waals surface area contributed by atoms with Crippen LogP contribution in [0.15, 0.2) is 41.3 Å². The van der Waals surface area contributed by atoms with Gasteiger partial charge in [0.2, 0.25) is 10.0 Å². The molecule has 1 amide bonds. The molecule has 10 nitrogen and oxygen atoms in total. The molecule has 2 rings (SSSR count). The summed E-state index contributed by atoms with van der Waals surface area (Å²) in [4.78, 5) is 34.7. The maximum Gasteiger partial charge on any atom is 0.339 e. The number of benzene rings is 2. The maximum atomic E-state index is 12.4. The second kappa shape index (κ2) is 9.01. The van der Waals surface area contributed by atoms with Crippen molar-refractivity contribution in [2.75, 3.05) is 26.0 Å². The molecule has 2 aromatic carbocycles. The summed E-state index contributed by atoms with van der Waals surface area (Å²) in [6, 6.07) is 8.35. The lowest BCUT2D eigenvalue weighted by Crippen LogP contribution is -2.24. The molecule has 0 bridgehead atoms. The molecule has 0 radical (unpaired) electrons. The first-order chi connectivity index (χ1) is 13.9. The van der Waals surface area contributed by atoms with Crippen LogP contribution in [-0.2, 0) is 19.6 Å². The summed E-state index contributed by atoms with van der Waals surface area (Å²) < 4.78 is 30.7. The molecular formula is C19H21N3O7S. The number of carbonyl (C=O) groups is 2. The molecule has 0 aliphatic carbocycles. The Balaban J connectivity index is 2.10. The molecule has 0 unspecified atom stereocenters. The monoisotopic (exact) mass is 435 g/mol. The van der Waals surface area contributed by atoms with Gasteiger partial charge in [0.05, 0.1) is 15.4 Å². The third-order valence-electron chi connectivity index (χ3n) is 4.29. The first kappa shape index (κ1) is 23.0. The Morgan fingerprint density at radius 3 is 2.43 bits per heavy atom. The molecule has 0 aromatic heterocycles. The number of nitrogens with one attached hydrogen (secondary N) is 1. The Morgan fingerprint density at radius 1 is 1.17 bits per heavy atom. The molecule has 0 aliphatic rings. The minimum Gasteiger partial charge on any atom is -0.452 e. The van der Waals surface area contributed by atoms with E-state index in [1.165, 1.54) is 51.4 Å². The van der Waals surface area contributed by atoms with Gasteiger partial charge in [-0.1, -0.05) is 12.1 Å². The summed E-state index contributed by atoms with van der Waals surface area (Å²) >= 11 is 0. The molecule has 30 heavy (non-hydrogen) atoms. The van der Waals surface area contributed by atoms with Gasteiger partial charge in [-0.3, -0.25) is 14.9 Å². The Hall–Kier alpha value is -3.31. The SMILES string of the molecule is Cc1ccc(NC(=O)COC(=O)c2cccc([N+](=O)[O-])c2C)cc1S(=O)(=O)N(C)C. The average molecular weight is 435 g/mol. The predicted molar refractivity (Wildman–Crippen MR) is 109 cm³/mol. The number of nitro groups is 1. The molecule has 0 heterocycles. The van der Waals surface area contributed by atoms with Crippen LogP contribution in [0.5, 0.6) is 0 Å². The van der Waals surface area contributed by atoms with Crippen molar-refractivity contribution in [3.05, 3.63) is 63.2 Å². The highest BCUT2D eigenvalue weighted by Gasteiger charge is 2.22. The van der Waals surface area contributed by atoms with Crippen molar-refractivity contribution in [3.63, 3.8) is 0 Å².